The number of imide groups is 1. The molecule has 0 aromatic heterocycles. The summed E-state index contributed by atoms with van der Waals surface area (Å²) in [7, 11) is 0. The summed E-state index contributed by atoms with van der Waals surface area (Å²) in [4.78, 5) is 33.8. The third-order valence-corrected chi connectivity index (χ3v) is 4.53. The maximum atomic E-state index is 11.5. The molecule has 1 saturated heterocycles. The van der Waals surface area contributed by atoms with Crippen LogP contribution in [0.1, 0.15) is 25.7 Å². The van der Waals surface area contributed by atoms with Crippen molar-refractivity contribution in [1.82, 2.24) is 5.32 Å². The maximum absolute atomic E-state index is 11.5. The summed E-state index contributed by atoms with van der Waals surface area (Å²) in [6, 6.07) is 0. The molecule has 2 aliphatic rings. The van der Waals surface area contributed by atoms with Crippen molar-refractivity contribution in [2.45, 2.75) is 30.9 Å². The van der Waals surface area contributed by atoms with Crippen molar-refractivity contribution in [2.75, 3.05) is 0 Å². The Balaban J connectivity index is 1.94. The molecule has 1 aliphatic carbocycles. The minimum Gasteiger partial charge on any atom is -0.299 e. The molecule has 1 heterocycles. The molecule has 0 aromatic carbocycles. The lowest BCUT2D eigenvalue weighted by atomic mass is 10.1. The van der Waals surface area contributed by atoms with Crippen molar-refractivity contribution in [1.29, 1.82) is 0 Å². The van der Waals surface area contributed by atoms with Gasteiger partial charge in [-0.05, 0) is 12.8 Å². The second kappa shape index (κ2) is 4.63. The lowest BCUT2D eigenvalue weighted by Gasteiger charge is -2.11. The van der Waals surface area contributed by atoms with Crippen LogP contribution in [0.3, 0.4) is 0 Å². The second-order valence-corrected chi connectivity index (χ2v) is 5.90. The van der Waals surface area contributed by atoms with Gasteiger partial charge in [-0.25, -0.2) is 0 Å². The van der Waals surface area contributed by atoms with E-state index in [0.717, 1.165) is 12.8 Å². The number of thiocarbonyl (C=S) groups is 1. The summed E-state index contributed by atoms with van der Waals surface area (Å²) in [5.74, 6) is -0.573. The summed E-state index contributed by atoms with van der Waals surface area (Å²) < 4.78 is 0.567. The van der Waals surface area contributed by atoms with Crippen molar-refractivity contribution < 1.29 is 14.4 Å². The van der Waals surface area contributed by atoms with E-state index in [9.17, 15) is 14.4 Å². The predicted octanol–water partition coefficient (Wildman–Crippen LogP) is 0.831. The van der Waals surface area contributed by atoms with Gasteiger partial charge in [0.1, 0.15) is 5.78 Å². The first-order chi connectivity index (χ1) is 7.58. The van der Waals surface area contributed by atoms with E-state index in [-0.39, 0.29) is 29.9 Å². The molecule has 4 nitrogen and oxygen atoms in total. The summed E-state index contributed by atoms with van der Waals surface area (Å²) >= 11 is 6.37. The Morgan fingerprint density at radius 2 is 2.12 bits per heavy atom. The molecule has 86 valence electrons. The largest absolute Gasteiger partial charge is 0.299 e. The molecule has 2 amide bonds. The van der Waals surface area contributed by atoms with Crippen molar-refractivity contribution in [3.05, 3.63) is 0 Å². The molecule has 0 aromatic rings. The average Bonchev–Trinajstić information content (AvgIpc) is 2.74. The zero-order valence-electron chi connectivity index (χ0n) is 8.52. The quantitative estimate of drug-likeness (QED) is 0.586. The van der Waals surface area contributed by atoms with Gasteiger partial charge in [-0.1, -0.05) is 12.2 Å². The Morgan fingerprint density at radius 1 is 1.38 bits per heavy atom. The minimum absolute atomic E-state index is 0.169. The molecule has 1 aliphatic heterocycles. The van der Waals surface area contributed by atoms with Crippen LogP contribution in [0, 0.1) is 5.92 Å². The lowest BCUT2D eigenvalue weighted by molar-refractivity contribution is -0.124. The SMILES string of the molecule is O=C1C[C@@H](SC(=S)[C@@H]2CCCC2=O)C(=O)N1. The number of hydrogen-bond acceptors (Lipinski definition) is 5. The molecule has 0 spiro atoms. The van der Waals surface area contributed by atoms with Crippen LogP contribution in [-0.2, 0) is 14.4 Å². The van der Waals surface area contributed by atoms with Crippen LogP contribution in [0.15, 0.2) is 0 Å². The first-order valence-electron chi connectivity index (χ1n) is 5.15. The fourth-order valence-corrected chi connectivity index (χ4v) is 3.60. The van der Waals surface area contributed by atoms with E-state index >= 15 is 0 Å². The molecule has 1 N–H and O–H groups in total. The average molecular weight is 257 g/mol. The molecule has 0 unspecified atom stereocenters. The molecular formula is C10H11NO3S2. The predicted molar refractivity (Wildman–Crippen MR) is 64.1 cm³/mol. The Morgan fingerprint density at radius 3 is 2.62 bits per heavy atom. The van der Waals surface area contributed by atoms with Gasteiger partial charge in [0, 0.05) is 12.8 Å². The van der Waals surface area contributed by atoms with Crippen LogP contribution in [0.5, 0.6) is 0 Å². The van der Waals surface area contributed by atoms with Crippen molar-refractivity contribution in [3.63, 3.8) is 0 Å². The van der Waals surface area contributed by atoms with Crippen molar-refractivity contribution in [2.24, 2.45) is 5.92 Å². The fourth-order valence-electron chi connectivity index (χ4n) is 1.91. The summed E-state index contributed by atoms with van der Waals surface area (Å²) in [5, 5.41) is 1.79. The van der Waals surface area contributed by atoms with E-state index in [2.05, 4.69) is 5.32 Å². The number of Topliss-reactive ketones (excluding diaryl/α,β-unsaturated/α-hetero) is 1. The lowest BCUT2D eigenvalue weighted by Crippen LogP contribution is -2.25. The number of nitrogens with one attached hydrogen (secondary N) is 1. The van der Waals surface area contributed by atoms with E-state index in [0.29, 0.717) is 10.6 Å². The van der Waals surface area contributed by atoms with Gasteiger partial charge in [-0.15, -0.1) is 11.8 Å². The smallest absolute Gasteiger partial charge is 0.240 e. The molecule has 6 heteroatoms. The zero-order valence-corrected chi connectivity index (χ0v) is 10.2. The van der Waals surface area contributed by atoms with Crippen LogP contribution in [0.2, 0.25) is 0 Å². The van der Waals surface area contributed by atoms with E-state index in [1.807, 2.05) is 0 Å². The van der Waals surface area contributed by atoms with E-state index in [4.69, 9.17) is 12.2 Å². The normalized spacial score (nSPS) is 29.6. The number of carbonyl (C=O) groups is 3. The minimum atomic E-state index is -0.437. The van der Waals surface area contributed by atoms with Crippen LogP contribution in [0.25, 0.3) is 0 Å². The van der Waals surface area contributed by atoms with Gasteiger partial charge in [-0.3, -0.25) is 19.7 Å². The molecule has 2 atom stereocenters. The Kier molecular flexibility index (Phi) is 3.39. The highest BCUT2D eigenvalue weighted by atomic mass is 32.2. The highest BCUT2D eigenvalue weighted by Crippen LogP contribution is 2.31. The molecule has 0 radical (unpaired) electrons. The number of amides is 2. The van der Waals surface area contributed by atoms with E-state index in [1.54, 1.807) is 0 Å². The van der Waals surface area contributed by atoms with Crippen LogP contribution in [0.4, 0.5) is 0 Å². The molecule has 2 fully saturated rings. The molecule has 2 rings (SSSR count). The van der Waals surface area contributed by atoms with Gasteiger partial charge in [0.2, 0.25) is 11.8 Å². The summed E-state index contributed by atoms with van der Waals surface area (Å²) in [6.45, 7) is 0. The number of thioether (sulfide) groups is 1. The third kappa shape index (κ3) is 2.32. The van der Waals surface area contributed by atoms with E-state index in [1.165, 1.54) is 11.8 Å². The topological polar surface area (TPSA) is 63.2 Å². The summed E-state index contributed by atoms with van der Waals surface area (Å²) in [5.41, 5.74) is 0. The maximum Gasteiger partial charge on any atom is 0.240 e. The number of carbonyl (C=O) groups excluding carboxylic acids is 3. The highest BCUT2D eigenvalue weighted by molar-refractivity contribution is 8.24. The number of rotatable bonds is 2. The monoisotopic (exact) mass is 257 g/mol. The van der Waals surface area contributed by atoms with Gasteiger partial charge >= 0.3 is 0 Å². The van der Waals surface area contributed by atoms with Crippen LogP contribution < -0.4 is 5.32 Å². The Hall–Kier alpha value is -0.750. The second-order valence-electron chi connectivity index (χ2n) is 3.95. The van der Waals surface area contributed by atoms with Gasteiger partial charge in [0.05, 0.1) is 15.4 Å². The number of hydrogen-bond donors (Lipinski definition) is 1. The molecule has 1 saturated carbocycles. The van der Waals surface area contributed by atoms with Crippen LogP contribution >= 0.6 is 24.0 Å². The Labute approximate surface area is 103 Å². The highest BCUT2D eigenvalue weighted by Gasteiger charge is 2.35. The number of ketones is 1. The summed E-state index contributed by atoms with van der Waals surface area (Å²) in [6.07, 6.45) is 2.42. The third-order valence-electron chi connectivity index (χ3n) is 2.77. The van der Waals surface area contributed by atoms with Gasteiger partial charge < -0.3 is 0 Å². The van der Waals surface area contributed by atoms with Crippen molar-refractivity contribution >= 4 is 45.8 Å². The molecule has 16 heavy (non-hydrogen) atoms. The fraction of sp³-hybridized carbons (Fsp3) is 0.600. The Bertz CT molecular complexity index is 380. The zero-order chi connectivity index (χ0) is 11.7. The first kappa shape index (κ1) is 11.7. The van der Waals surface area contributed by atoms with Gasteiger partial charge in [0.25, 0.3) is 0 Å². The molecule has 0 bridgehead atoms. The first-order valence-corrected chi connectivity index (χ1v) is 6.43. The van der Waals surface area contributed by atoms with Crippen molar-refractivity contribution in [3.8, 4) is 0 Å². The molecular weight excluding hydrogens is 246 g/mol. The van der Waals surface area contributed by atoms with Gasteiger partial charge in [0.15, 0.2) is 0 Å². The van der Waals surface area contributed by atoms with E-state index < -0.39 is 5.25 Å². The standard InChI is InChI=1S/C10H11NO3S2/c12-6-3-1-2-5(6)10(15)16-7-4-8(13)11-9(7)14/h5,7H,1-4H2,(H,11,13,14)/t5-,7-/m1/s1. The van der Waals surface area contributed by atoms with Crippen LogP contribution in [-0.4, -0.2) is 27.0 Å². The van der Waals surface area contributed by atoms with Gasteiger partial charge in [-0.2, -0.15) is 0 Å².